The summed E-state index contributed by atoms with van der Waals surface area (Å²) in [5.74, 6) is -1.25. The van der Waals surface area contributed by atoms with Crippen LogP contribution in [0.15, 0.2) is 47.9 Å². The van der Waals surface area contributed by atoms with Crippen LogP contribution in [-0.4, -0.2) is 35.8 Å². The number of aliphatic carboxylic acids is 1. The Hall–Kier alpha value is -2.67. The largest absolute Gasteiger partial charge is 0.490 e. The molecule has 1 aromatic rings. The zero-order valence-electron chi connectivity index (χ0n) is 12.1. The Morgan fingerprint density at radius 1 is 1.32 bits per heavy atom. The summed E-state index contributed by atoms with van der Waals surface area (Å²) >= 11 is 0. The number of benzene rings is 1. The molecule has 0 amide bonds. The van der Waals surface area contributed by atoms with E-state index in [1.54, 1.807) is 30.3 Å². The van der Waals surface area contributed by atoms with Crippen LogP contribution in [0.4, 0.5) is 0 Å². The number of hydrogen-bond donors (Lipinski definition) is 1. The molecule has 7 heteroatoms. The number of methoxy groups -OCH3 is 2. The molecule has 0 heterocycles. The Labute approximate surface area is 126 Å². The lowest BCUT2D eigenvalue weighted by molar-refractivity contribution is -0.425. The van der Waals surface area contributed by atoms with Gasteiger partial charge in [-0.05, 0) is 5.56 Å². The average Bonchev–Trinajstić information content (AvgIpc) is 2.54. The predicted molar refractivity (Wildman–Crippen MR) is 77.4 cm³/mol. The van der Waals surface area contributed by atoms with Crippen molar-refractivity contribution in [3.8, 4) is 0 Å². The van der Waals surface area contributed by atoms with E-state index in [2.05, 4.69) is 0 Å². The fourth-order valence-electron chi connectivity index (χ4n) is 2.43. The van der Waals surface area contributed by atoms with Gasteiger partial charge in [-0.2, -0.15) is 0 Å². The quantitative estimate of drug-likeness (QED) is 0.660. The first-order valence-corrected chi connectivity index (χ1v) is 6.44. The summed E-state index contributed by atoms with van der Waals surface area (Å²) < 4.78 is 10.3. The molecule has 1 atom stereocenters. The molecule has 7 nitrogen and oxygen atoms in total. The maximum atomic E-state index is 11.6. The van der Waals surface area contributed by atoms with Crippen LogP contribution in [0.25, 0.3) is 5.57 Å². The van der Waals surface area contributed by atoms with Gasteiger partial charge in [-0.1, -0.05) is 30.3 Å². The Kier molecular flexibility index (Phi) is 4.27. The molecule has 0 saturated heterocycles. The number of nitrogens with zero attached hydrogens (tertiary/aromatic N) is 1. The molecular formula is C15H15NO6. The molecule has 0 fully saturated rings. The minimum Gasteiger partial charge on any atom is -0.490 e. The second kappa shape index (κ2) is 5.98. The van der Waals surface area contributed by atoms with Gasteiger partial charge in [-0.25, -0.2) is 4.79 Å². The maximum absolute atomic E-state index is 11.6. The zero-order valence-corrected chi connectivity index (χ0v) is 12.1. The van der Waals surface area contributed by atoms with Crippen LogP contribution < -0.4 is 0 Å². The molecular weight excluding hydrogens is 290 g/mol. The van der Waals surface area contributed by atoms with Crippen molar-refractivity contribution in [2.75, 3.05) is 14.2 Å². The molecule has 2 rings (SSSR count). The van der Waals surface area contributed by atoms with E-state index in [0.29, 0.717) is 11.1 Å². The number of hydrogen-bond acceptors (Lipinski definition) is 5. The zero-order chi connectivity index (χ0) is 16.3. The molecule has 1 aromatic carbocycles. The highest BCUT2D eigenvalue weighted by Gasteiger charge is 2.46. The Bertz CT molecular complexity index is 664. The lowest BCUT2D eigenvalue weighted by Crippen LogP contribution is -2.42. The molecule has 0 aliphatic heterocycles. The van der Waals surface area contributed by atoms with E-state index in [1.807, 2.05) is 0 Å². The van der Waals surface area contributed by atoms with E-state index < -0.39 is 22.2 Å². The van der Waals surface area contributed by atoms with Gasteiger partial charge in [0.15, 0.2) is 5.60 Å². The molecule has 0 saturated carbocycles. The molecule has 0 bridgehead atoms. The second-order valence-electron chi connectivity index (χ2n) is 4.74. The van der Waals surface area contributed by atoms with E-state index in [4.69, 9.17) is 9.47 Å². The van der Waals surface area contributed by atoms with Crippen molar-refractivity contribution in [1.29, 1.82) is 0 Å². The Morgan fingerprint density at radius 2 is 1.95 bits per heavy atom. The lowest BCUT2D eigenvalue weighted by atomic mass is 9.84. The highest BCUT2D eigenvalue weighted by atomic mass is 16.6. The predicted octanol–water partition coefficient (Wildman–Crippen LogP) is 2.08. The number of nitro groups is 1. The van der Waals surface area contributed by atoms with Gasteiger partial charge in [-0.3, -0.25) is 10.1 Å². The van der Waals surface area contributed by atoms with Crippen LogP contribution in [0.1, 0.15) is 12.0 Å². The van der Waals surface area contributed by atoms with Gasteiger partial charge in [0.05, 0.1) is 12.0 Å². The summed E-state index contributed by atoms with van der Waals surface area (Å²) in [5, 5.41) is 20.8. The molecule has 116 valence electrons. The van der Waals surface area contributed by atoms with Crippen LogP contribution in [0, 0.1) is 10.1 Å². The summed E-state index contributed by atoms with van der Waals surface area (Å²) in [5.41, 5.74) is -1.15. The third kappa shape index (κ3) is 2.58. The van der Waals surface area contributed by atoms with E-state index >= 15 is 0 Å². The van der Waals surface area contributed by atoms with Crippen molar-refractivity contribution in [1.82, 2.24) is 0 Å². The first-order chi connectivity index (χ1) is 10.4. The normalized spacial score (nSPS) is 21.3. The van der Waals surface area contributed by atoms with E-state index in [0.717, 1.165) is 6.08 Å². The molecule has 0 spiro atoms. The molecule has 0 aromatic heterocycles. The topological polar surface area (TPSA) is 98.9 Å². The number of ether oxygens (including phenoxy) is 2. The van der Waals surface area contributed by atoms with Crippen LogP contribution in [0.2, 0.25) is 0 Å². The number of rotatable bonds is 5. The van der Waals surface area contributed by atoms with Crippen molar-refractivity contribution in [2.24, 2.45) is 0 Å². The van der Waals surface area contributed by atoms with E-state index in [1.165, 1.54) is 14.2 Å². The third-order valence-electron chi connectivity index (χ3n) is 3.57. The fourth-order valence-corrected chi connectivity index (χ4v) is 2.43. The minimum absolute atomic E-state index is 0.0464. The first-order valence-electron chi connectivity index (χ1n) is 6.44. The van der Waals surface area contributed by atoms with Gasteiger partial charge in [0, 0.05) is 25.2 Å². The monoisotopic (exact) mass is 305 g/mol. The summed E-state index contributed by atoms with van der Waals surface area (Å²) in [6.45, 7) is 0. The highest BCUT2D eigenvalue weighted by Crippen LogP contribution is 2.39. The Morgan fingerprint density at radius 3 is 2.41 bits per heavy atom. The van der Waals surface area contributed by atoms with Crippen LogP contribution >= 0.6 is 0 Å². The molecule has 1 unspecified atom stereocenters. The smallest absolute Gasteiger partial charge is 0.340 e. The van der Waals surface area contributed by atoms with Gasteiger partial charge >= 0.3 is 11.7 Å². The fraction of sp³-hybridized carbons (Fsp3) is 0.267. The SMILES string of the molecule is COC1=C(c2ccccc2)CC(OC)(C(=O)O)C=C1[N+](=O)[O-]. The molecule has 22 heavy (non-hydrogen) atoms. The van der Waals surface area contributed by atoms with Gasteiger partial charge < -0.3 is 14.6 Å². The van der Waals surface area contributed by atoms with Crippen molar-refractivity contribution in [2.45, 2.75) is 12.0 Å². The highest BCUT2D eigenvalue weighted by molar-refractivity contribution is 5.87. The standard InChI is InChI=1S/C15H15NO6/c1-21-13-11(10-6-4-3-5-7-10)8-15(22-2,14(17)18)9-12(13)16(19)20/h3-7,9H,8H2,1-2H3,(H,17,18). The lowest BCUT2D eigenvalue weighted by Gasteiger charge is -2.29. The van der Waals surface area contributed by atoms with Gasteiger partial charge in [-0.15, -0.1) is 0 Å². The van der Waals surface area contributed by atoms with E-state index in [-0.39, 0.29) is 12.2 Å². The minimum atomic E-state index is -1.80. The van der Waals surface area contributed by atoms with Crippen LogP contribution in [0.5, 0.6) is 0 Å². The first kappa shape index (κ1) is 15.7. The van der Waals surface area contributed by atoms with Crippen molar-refractivity contribution in [3.05, 3.63) is 63.5 Å². The van der Waals surface area contributed by atoms with E-state index in [9.17, 15) is 20.0 Å². The summed E-state index contributed by atoms with van der Waals surface area (Å²) in [6.07, 6.45) is 0.921. The van der Waals surface area contributed by atoms with Gasteiger partial charge in [0.1, 0.15) is 0 Å². The molecule has 1 aliphatic carbocycles. The van der Waals surface area contributed by atoms with Crippen LogP contribution in [0.3, 0.4) is 0 Å². The number of carboxylic acid groups (broad SMARTS) is 1. The van der Waals surface area contributed by atoms with Crippen molar-refractivity contribution in [3.63, 3.8) is 0 Å². The van der Waals surface area contributed by atoms with Crippen LogP contribution in [-0.2, 0) is 14.3 Å². The van der Waals surface area contributed by atoms with Crippen molar-refractivity contribution >= 4 is 11.5 Å². The summed E-state index contributed by atoms with van der Waals surface area (Å²) in [6, 6.07) is 8.79. The van der Waals surface area contributed by atoms with Gasteiger partial charge in [0.25, 0.3) is 0 Å². The Balaban J connectivity index is 2.69. The molecule has 0 radical (unpaired) electrons. The van der Waals surface area contributed by atoms with Gasteiger partial charge in [0.2, 0.25) is 5.76 Å². The average molecular weight is 305 g/mol. The molecule has 1 N–H and O–H groups in total. The second-order valence-corrected chi connectivity index (χ2v) is 4.74. The number of carbonyl (C=O) groups is 1. The van der Waals surface area contributed by atoms with Crippen molar-refractivity contribution < 1.29 is 24.3 Å². The summed E-state index contributed by atoms with van der Waals surface area (Å²) in [7, 11) is 2.53. The summed E-state index contributed by atoms with van der Waals surface area (Å²) in [4.78, 5) is 22.2. The number of carboxylic acids is 1. The third-order valence-corrected chi connectivity index (χ3v) is 3.57. The molecule has 1 aliphatic rings. The maximum Gasteiger partial charge on any atom is 0.340 e.